The molecule has 0 unspecified atom stereocenters. The lowest BCUT2D eigenvalue weighted by Gasteiger charge is -2.50. The third kappa shape index (κ3) is 5.53. The Morgan fingerprint density at radius 3 is 2.36 bits per heavy atom. The molecule has 2 fully saturated rings. The van der Waals surface area contributed by atoms with Crippen molar-refractivity contribution >= 4 is 27.5 Å². The summed E-state index contributed by atoms with van der Waals surface area (Å²) < 4.78 is 69.4. The van der Waals surface area contributed by atoms with Crippen molar-refractivity contribution in [3.8, 4) is 0 Å². The Balaban J connectivity index is 1.47. The van der Waals surface area contributed by atoms with Gasteiger partial charge in [0.15, 0.2) is 0 Å². The van der Waals surface area contributed by atoms with Crippen LogP contribution in [-0.4, -0.2) is 82.7 Å². The van der Waals surface area contributed by atoms with Crippen molar-refractivity contribution in [1.29, 1.82) is 0 Å². The zero-order valence-corrected chi connectivity index (χ0v) is 21.3. The minimum atomic E-state index is -3.82. The van der Waals surface area contributed by atoms with Crippen LogP contribution in [0.2, 0.25) is 5.02 Å². The van der Waals surface area contributed by atoms with E-state index in [4.69, 9.17) is 11.6 Å². The van der Waals surface area contributed by atoms with E-state index in [0.717, 1.165) is 0 Å². The zero-order chi connectivity index (χ0) is 26.1. The van der Waals surface area contributed by atoms with Gasteiger partial charge in [0.1, 0.15) is 6.67 Å². The quantitative estimate of drug-likeness (QED) is 0.571. The molecule has 0 spiro atoms. The van der Waals surface area contributed by atoms with Gasteiger partial charge in [0.25, 0.3) is 15.9 Å². The monoisotopic (exact) mass is 548 g/mol. The van der Waals surface area contributed by atoms with Gasteiger partial charge in [0, 0.05) is 58.2 Å². The fourth-order valence-corrected chi connectivity index (χ4v) is 6.45. The van der Waals surface area contributed by atoms with E-state index in [9.17, 15) is 26.4 Å². The van der Waals surface area contributed by atoms with E-state index >= 15 is 0 Å². The first-order chi connectivity index (χ1) is 17.0. The maximum absolute atomic E-state index is 14.1. The molecule has 1 aliphatic heterocycles. The van der Waals surface area contributed by atoms with E-state index in [2.05, 4.69) is 15.6 Å². The Kier molecular flexibility index (Phi) is 7.65. The van der Waals surface area contributed by atoms with Gasteiger partial charge in [-0.3, -0.25) is 14.4 Å². The molecule has 0 radical (unpaired) electrons. The molecule has 2 aromatic rings. The van der Waals surface area contributed by atoms with E-state index in [0.29, 0.717) is 18.7 Å². The number of alkyl halides is 3. The van der Waals surface area contributed by atoms with Crippen molar-refractivity contribution in [1.82, 2.24) is 29.5 Å². The number of carbonyl (C=O) groups excluding carboxylic acids is 1. The zero-order valence-electron chi connectivity index (χ0n) is 19.8. The lowest BCUT2D eigenvalue weighted by atomic mass is 9.78. The third-order valence-corrected chi connectivity index (χ3v) is 9.09. The summed E-state index contributed by atoms with van der Waals surface area (Å²) in [4.78, 5) is 14.8. The Morgan fingerprint density at radius 2 is 1.81 bits per heavy atom. The molecule has 2 aliphatic rings. The molecule has 1 saturated carbocycles. The standard InChI is InChI=1S/C22H28ClF3N6O3S/c1-30-14-19(28-29-30)36(34,35)32-10-8-31(9-11-32)21(4-6-22(25,26)7-5-21)15-27-20(33)17-3-2-16(13-24)12-18(17)23/h2-3,12,14H,4-11,13,15H2,1H3,(H,27,33). The number of amides is 1. The lowest BCUT2D eigenvalue weighted by Crippen LogP contribution is -2.63. The molecule has 1 aromatic heterocycles. The average molecular weight is 549 g/mol. The second-order valence-corrected chi connectivity index (χ2v) is 11.6. The van der Waals surface area contributed by atoms with Gasteiger partial charge in [0.2, 0.25) is 10.9 Å². The molecule has 4 rings (SSSR count). The normalized spacial score (nSPS) is 20.8. The lowest BCUT2D eigenvalue weighted by molar-refractivity contribution is -0.0856. The number of benzene rings is 1. The van der Waals surface area contributed by atoms with E-state index in [-0.39, 0.29) is 60.9 Å². The molecule has 198 valence electrons. The second-order valence-electron chi connectivity index (χ2n) is 9.33. The van der Waals surface area contributed by atoms with Crippen molar-refractivity contribution in [3.05, 3.63) is 40.5 Å². The molecule has 0 atom stereocenters. The van der Waals surface area contributed by atoms with Gasteiger partial charge in [-0.1, -0.05) is 22.9 Å². The Hall–Kier alpha value is -2.22. The fraction of sp³-hybridized carbons (Fsp3) is 0.591. The molecule has 1 amide bonds. The largest absolute Gasteiger partial charge is 0.350 e. The number of carbonyl (C=O) groups is 1. The van der Waals surface area contributed by atoms with Gasteiger partial charge in [-0.25, -0.2) is 21.6 Å². The number of hydrogen-bond acceptors (Lipinski definition) is 6. The molecule has 36 heavy (non-hydrogen) atoms. The Morgan fingerprint density at radius 1 is 1.14 bits per heavy atom. The maximum Gasteiger partial charge on any atom is 0.264 e. The van der Waals surface area contributed by atoms with E-state index in [1.807, 2.05) is 4.90 Å². The van der Waals surface area contributed by atoms with Crippen LogP contribution in [0.25, 0.3) is 0 Å². The summed E-state index contributed by atoms with van der Waals surface area (Å²) in [7, 11) is -2.25. The van der Waals surface area contributed by atoms with E-state index in [1.54, 1.807) is 7.05 Å². The first kappa shape index (κ1) is 26.8. The number of halogens is 4. The molecular weight excluding hydrogens is 521 g/mol. The summed E-state index contributed by atoms with van der Waals surface area (Å²) in [5.74, 6) is -3.26. The summed E-state index contributed by atoms with van der Waals surface area (Å²) in [6.07, 6.45) is 0.963. The van der Waals surface area contributed by atoms with Crippen LogP contribution < -0.4 is 5.32 Å². The summed E-state index contributed by atoms with van der Waals surface area (Å²) >= 11 is 6.15. The van der Waals surface area contributed by atoms with Crippen molar-refractivity contribution in [2.75, 3.05) is 32.7 Å². The maximum atomic E-state index is 14.1. The van der Waals surface area contributed by atoms with Crippen LogP contribution in [0.3, 0.4) is 0 Å². The van der Waals surface area contributed by atoms with E-state index in [1.165, 1.54) is 33.4 Å². The van der Waals surface area contributed by atoms with Crippen LogP contribution in [0.4, 0.5) is 13.2 Å². The summed E-state index contributed by atoms with van der Waals surface area (Å²) in [6, 6.07) is 4.28. The molecule has 9 nitrogen and oxygen atoms in total. The number of aryl methyl sites for hydroxylation is 1. The van der Waals surface area contributed by atoms with Gasteiger partial charge in [-0.2, -0.15) is 4.31 Å². The van der Waals surface area contributed by atoms with Crippen LogP contribution in [0.15, 0.2) is 29.4 Å². The van der Waals surface area contributed by atoms with Crippen molar-refractivity contribution < 1.29 is 26.4 Å². The first-order valence-corrected chi connectivity index (χ1v) is 13.4. The molecular formula is C22H28ClF3N6O3S. The van der Waals surface area contributed by atoms with Gasteiger partial charge in [-0.05, 0) is 30.5 Å². The van der Waals surface area contributed by atoms with Gasteiger partial charge in [-0.15, -0.1) is 5.10 Å². The number of hydrogen-bond donors (Lipinski definition) is 1. The molecule has 1 aromatic carbocycles. The number of aromatic nitrogens is 3. The van der Waals surface area contributed by atoms with Gasteiger partial charge in [0.05, 0.1) is 16.8 Å². The topological polar surface area (TPSA) is 100 Å². The van der Waals surface area contributed by atoms with Crippen LogP contribution in [0, 0.1) is 0 Å². The van der Waals surface area contributed by atoms with Crippen LogP contribution in [0.5, 0.6) is 0 Å². The minimum Gasteiger partial charge on any atom is -0.350 e. The average Bonchev–Trinajstić information content (AvgIpc) is 3.30. The van der Waals surface area contributed by atoms with Gasteiger partial charge < -0.3 is 5.32 Å². The second kappa shape index (κ2) is 10.3. The molecule has 14 heteroatoms. The van der Waals surface area contributed by atoms with E-state index < -0.39 is 34.1 Å². The van der Waals surface area contributed by atoms with Crippen molar-refractivity contribution in [3.63, 3.8) is 0 Å². The van der Waals surface area contributed by atoms with Crippen LogP contribution in [-0.2, 0) is 23.7 Å². The number of piperazine rings is 1. The van der Waals surface area contributed by atoms with Gasteiger partial charge >= 0.3 is 0 Å². The van der Waals surface area contributed by atoms with Crippen molar-refractivity contribution in [2.24, 2.45) is 7.05 Å². The minimum absolute atomic E-state index is 0.0972. The summed E-state index contributed by atoms with van der Waals surface area (Å²) in [5.41, 5.74) is -0.243. The number of sulfonamides is 1. The Bertz CT molecular complexity index is 1210. The highest BCUT2D eigenvalue weighted by atomic mass is 35.5. The highest BCUT2D eigenvalue weighted by Gasteiger charge is 2.48. The van der Waals surface area contributed by atoms with Crippen molar-refractivity contribution in [2.45, 2.75) is 48.8 Å². The van der Waals surface area contributed by atoms with Crippen LogP contribution in [0.1, 0.15) is 41.6 Å². The highest BCUT2D eigenvalue weighted by molar-refractivity contribution is 7.89. The smallest absolute Gasteiger partial charge is 0.264 e. The predicted molar refractivity (Wildman–Crippen MR) is 126 cm³/mol. The molecule has 1 saturated heterocycles. The number of nitrogens with one attached hydrogen (secondary N) is 1. The fourth-order valence-electron chi connectivity index (χ4n) is 4.83. The molecule has 1 aliphatic carbocycles. The first-order valence-electron chi connectivity index (χ1n) is 11.6. The SMILES string of the molecule is Cn1cc(S(=O)(=O)N2CCN(C3(CNC(=O)c4ccc(CF)cc4Cl)CCC(F)(F)CC3)CC2)nn1. The Labute approximate surface area is 212 Å². The highest BCUT2D eigenvalue weighted by Crippen LogP contribution is 2.42. The molecule has 2 heterocycles. The summed E-state index contributed by atoms with van der Waals surface area (Å²) in [5, 5.41) is 10.2. The summed E-state index contributed by atoms with van der Waals surface area (Å²) in [6.45, 7) is 0.320. The predicted octanol–water partition coefficient (Wildman–Crippen LogP) is 2.62. The third-order valence-electron chi connectivity index (χ3n) is 7.02. The number of rotatable bonds is 7. The molecule has 1 N–H and O–H groups in total. The molecule has 0 bridgehead atoms. The number of nitrogens with zero attached hydrogens (tertiary/aromatic N) is 5. The van der Waals surface area contributed by atoms with Crippen LogP contribution >= 0.6 is 11.6 Å².